The third-order valence-corrected chi connectivity index (χ3v) is 18.7. The number of nitrogens with two attached hydrogens (primary N) is 2. The summed E-state index contributed by atoms with van der Waals surface area (Å²) in [5, 5.41) is 37.0. The van der Waals surface area contributed by atoms with Gasteiger partial charge in [-0.25, -0.2) is 34.9 Å². The molecule has 1 fully saturated rings. The molecule has 8 N–H and O–H groups in total. The molecule has 7 aromatic heterocycles. The van der Waals surface area contributed by atoms with Gasteiger partial charge in [0.25, 0.3) is 17.7 Å². The van der Waals surface area contributed by atoms with E-state index in [4.69, 9.17) is 41.2 Å². The summed E-state index contributed by atoms with van der Waals surface area (Å²) in [6.45, 7) is 3.81. The zero-order valence-corrected chi connectivity index (χ0v) is 47.3. The van der Waals surface area contributed by atoms with Crippen molar-refractivity contribution in [3.8, 4) is 49.1 Å². The predicted octanol–water partition coefficient (Wildman–Crippen LogP) is 6.93. The molecule has 80 heavy (non-hydrogen) atoms. The quantitative estimate of drug-likeness (QED) is 0.0675. The lowest BCUT2D eigenvalue weighted by molar-refractivity contribution is -0.137. The van der Waals surface area contributed by atoms with Crippen LogP contribution in [0.1, 0.15) is 119 Å². The SMILES string of the molecule is Cc1sc2nc1C(=O)CCc1nc(cs1)C(=O)N[C@@H](Cc1ccc(OCCCCC(=O)O)cc1)C(=O)N1CC(O)[C@H](C)[C@H]1c1nc(cs1)-c1nc(cs1)-c1nc(-c3nc(C(N)=O)cs3)ccc1-c1nc(cs1)C(=O)N[C@H]2CC(N)=O. The van der Waals surface area contributed by atoms with Gasteiger partial charge >= 0.3 is 5.97 Å². The predicted molar refractivity (Wildman–Crippen MR) is 301 cm³/mol. The first-order chi connectivity index (χ1) is 38.5. The van der Waals surface area contributed by atoms with Gasteiger partial charge in [-0.1, -0.05) is 19.1 Å². The molecule has 2 aliphatic rings. The van der Waals surface area contributed by atoms with Crippen LogP contribution >= 0.6 is 68.0 Å². The average Bonchev–Trinajstić information content (AvgIpc) is 4.38. The van der Waals surface area contributed by atoms with Crippen LogP contribution in [-0.4, -0.2) is 117 Å². The first kappa shape index (κ1) is 55.7. The van der Waals surface area contributed by atoms with Crippen molar-refractivity contribution in [2.45, 2.75) is 83.0 Å². The molecule has 1 unspecified atom stereocenters. The van der Waals surface area contributed by atoms with E-state index in [1.54, 1.807) is 64.4 Å². The Morgan fingerprint density at radius 1 is 0.713 bits per heavy atom. The fourth-order valence-corrected chi connectivity index (χ4v) is 14.3. The summed E-state index contributed by atoms with van der Waals surface area (Å²) in [5.41, 5.74) is 14.4. The van der Waals surface area contributed by atoms with Gasteiger partial charge in [0, 0.05) is 75.5 Å². The number of carbonyl (C=O) groups is 7. The van der Waals surface area contributed by atoms with Crippen molar-refractivity contribution in [1.29, 1.82) is 0 Å². The van der Waals surface area contributed by atoms with E-state index in [9.17, 15) is 33.9 Å². The Hall–Kier alpha value is -7.60. The van der Waals surface area contributed by atoms with Crippen molar-refractivity contribution in [2.24, 2.45) is 17.4 Å². The van der Waals surface area contributed by atoms with Crippen molar-refractivity contribution in [2.75, 3.05) is 13.2 Å². The number of aromatic nitrogens is 7. The van der Waals surface area contributed by atoms with Gasteiger partial charge in [-0.2, -0.15) is 0 Å². The van der Waals surface area contributed by atoms with Crippen molar-refractivity contribution in [3.63, 3.8) is 0 Å². The van der Waals surface area contributed by atoms with Crippen LogP contribution in [0.2, 0.25) is 0 Å². The van der Waals surface area contributed by atoms with E-state index >= 15 is 4.79 Å². The second-order valence-corrected chi connectivity index (χ2v) is 24.4. The number of aliphatic hydroxyl groups is 1. The van der Waals surface area contributed by atoms with E-state index in [1.165, 1.54) is 62.1 Å². The standard InChI is InChI=1S/C52H48N12O10S6/c1-23-37(66)17-64-43(23)51-62-35(22-79-51)49-59-31(18-77-49)42-27(10-11-28(56-42)48-60-32(19-78-48)44(54)70)47-61-34(21-76-47)46(72)57-29(16-38(53)67)50-63-41(24(2)80-50)36(65)12-13-39-55-33(20-75-39)45(71)58-30(52(64)73)15-25-6-8-26(9-7-25)74-14-4-3-5-40(68)69/h6-11,18-23,29-30,37,43,66H,3-5,12-17H2,1-2H3,(H2,53,67)(H2,54,70)(H,57,72)(H,58,71)(H,68,69)/t23-,29-,30-,37?,43-/m0/s1. The normalized spacial score (nSPS) is 18.8. The molecule has 0 saturated carbocycles. The van der Waals surface area contributed by atoms with Gasteiger partial charge in [0.05, 0.1) is 41.9 Å². The fourth-order valence-electron chi connectivity index (χ4n) is 9.02. The highest BCUT2D eigenvalue weighted by Crippen LogP contribution is 2.42. The number of carbonyl (C=O) groups excluding carboxylic acids is 6. The van der Waals surface area contributed by atoms with E-state index in [1.807, 2.05) is 12.3 Å². The minimum Gasteiger partial charge on any atom is -0.494 e. The lowest BCUT2D eigenvalue weighted by atomic mass is 10.00. The molecular formula is C52H48N12O10S6. The number of aliphatic hydroxyl groups excluding tert-OH is 1. The first-order valence-corrected chi connectivity index (χ1v) is 30.1. The van der Waals surface area contributed by atoms with Crippen LogP contribution in [-0.2, 0) is 27.2 Å². The number of rotatable bonds is 12. The molecule has 22 nitrogen and oxygen atoms in total. The number of hydrogen-bond donors (Lipinski definition) is 6. The Morgan fingerprint density at radius 2 is 1.40 bits per heavy atom. The van der Waals surface area contributed by atoms with E-state index in [0.717, 1.165) is 11.3 Å². The van der Waals surface area contributed by atoms with Crippen LogP contribution in [0.3, 0.4) is 0 Å². The van der Waals surface area contributed by atoms with Crippen molar-refractivity contribution >= 4 is 109 Å². The molecular weight excluding hydrogens is 1150 g/mol. The molecule has 10 rings (SSSR count). The molecule has 2 aliphatic heterocycles. The maximum atomic E-state index is 15.1. The number of fused-ring (bicyclic) bond motifs is 16. The van der Waals surface area contributed by atoms with Crippen LogP contribution < -0.4 is 26.8 Å². The Morgan fingerprint density at radius 3 is 2.15 bits per heavy atom. The second kappa shape index (κ2) is 24.0. The lowest BCUT2D eigenvalue weighted by Gasteiger charge is -2.29. The smallest absolute Gasteiger partial charge is 0.303 e. The first-order valence-electron chi connectivity index (χ1n) is 24.9. The summed E-state index contributed by atoms with van der Waals surface area (Å²) in [4.78, 5) is 128. The number of carboxylic acid groups (broad SMARTS) is 1. The van der Waals surface area contributed by atoms with Crippen LogP contribution in [0.25, 0.3) is 43.4 Å². The monoisotopic (exact) mass is 1190 g/mol. The number of hydrogen-bond acceptors (Lipinski definition) is 22. The molecule has 412 valence electrons. The maximum Gasteiger partial charge on any atom is 0.303 e. The van der Waals surface area contributed by atoms with E-state index in [-0.39, 0.29) is 72.2 Å². The topological polar surface area (TPSA) is 339 Å². The Labute approximate surface area is 479 Å². The summed E-state index contributed by atoms with van der Waals surface area (Å²) in [6, 6.07) is 7.63. The summed E-state index contributed by atoms with van der Waals surface area (Å²) in [6.07, 6.45) is -0.0576. The number of thiazole rings is 6. The molecule has 0 spiro atoms. The largest absolute Gasteiger partial charge is 0.494 e. The van der Waals surface area contributed by atoms with Gasteiger partial charge < -0.3 is 42.0 Å². The molecule has 5 amide bonds. The molecule has 28 heteroatoms. The van der Waals surface area contributed by atoms with Gasteiger partial charge in [-0.3, -0.25) is 33.6 Å². The second-order valence-electron chi connectivity index (χ2n) is 18.8. The number of Topliss-reactive ketones (excluding diaryl/α,β-unsaturated/α-hetero) is 1. The highest BCUT2D eigenvalue weighted by Gasteiger charge is 2.45. The van der Waals surface area contributed by atoms with Gasteiger partial charge in [-0.05, 0) is 49.6 Å². The van der Waals surface area contributed by atoms with Crippen LogP contribution in [0.15, 0.2) is 63.3 Å². The van der Waals surface area contributed by atoms with E-state index in [0.29, 0.717) is 89.0 Å². The molecule has 9 heterocycles. The Balaban J connectivity index is 1.02. The highest BCUT2D eigenvalue weighted by molar-refractivity contribution is 7.15. The number of carboxylic acids is 1. The number of nitrogens with one attached hydrogen (secondary N) is 2. The lowest BCUT2D eigenvalue weighted by Crippen LogP contribution is -2.50. The zero-order chi connectivity index (χ0) is 56.4. The third kappa shape index (κ3) is 12.4. The number of primary amides is 2. The van der Waals surface area contributed by atoms with Crippen molar-refractivity contribution in [3.05, 3.63) is 112 Å². The average molecular weight is 1190 g/mol. The molecule has 0 aliphatic carbocycles. The Bertz CT molecular complexity index is 3680. The molecule has 5 atom stereocenters. The summed E-state index contributed by atoms with van der Waals surface area (Å²) in [5.74, 6) is -4.29. The number of pyridine rings is 1. The Kier molecular flexibility index (Phi) is 16.7. The van der Waals surface area contributed by atoms with Gasteiger partial charge in [-0.15, -0.1) is 68.0 Å². The third-order valence-electron chi connectivity index (χ3n) is 13.1. The highest BCUT2D eigenvalue weighted by atomic mass is 32.1. The summed E-state index contributed by atoms with van der Waals surface area (Å²) < 4.78 is 5.84. The maximum absolute atomic E-state index is 15.1. The van der Waals surface area contributed by atoms with Gasteiger partial charge in [0.15, 0.2) is 5.78 Å². The minimum absolute atomic E-state index is 0.0214. The van der Waals surface area contributed by atoms with Crippen LogP contribution in [0.4, 0.5) is 0 Å². The molecule has 10 bridgehead atoms. The van der Waals surface area contributed by atoms with Crippen molar-refractivity contribution < 1.29 is 48.5 Å². The number of unbranched alkanes of at least 4 members (excludes halogenated alkanes) is 1. The molecule has 8 aromatic rings. The number of aliphatic carboxylic acids is 1. The molecule has 1 saturated heterocycles. The van der Waals surface area contributed by atoms with E-state index < -0.39 is 65.7 Å². The number of benzene rings is 1. The van der Waals surface area contributed by atoms with Crippen LogP contribution in [0.5, 0.6) is 5.75 Å². The molecule has 0 radical (unpaired) electrons. The van der Waals surface area contributed by atoms with Gasteiger partial charge in [0.1, 0.15) is 76.7 Å². The zero-order valence-electron chi connectivity index (χ0n) is 42.4. The number of ketones is 1. The van der Waals surface area contributed by atoms with E-state index in [2.05, 4.69) is 25.6 Å². The fraction of sp³-hybridized carbons (Fsp3) is 0.308. The number of aryl methyl sites for hydroxylation is 2. The number of nitrogens with zero attached hydrogens (tertiary/aromatic N) is 8. The van der Waals surface area contributed by atoms with Crippen molar-refractivity contribution in [1.82, 2.24) is 50.4 Å². The minimum atomic E-state index is -1.16. The number of ether oxygens (including phenoxy) is 1. The summed E-state index contributed by atoms with van der Waals surface area (Å²) >= 11 is 7.23. The number of amides is 5. The molecule has 1 aromatic carbocycles. The summed E-state index contributed by atoms with van der Waals surface area (Å²) in [7, 11) is 0. The van der Waals surface area contributed by atoms with Gasteiger partial charge in [0.2, 0.25) is 11.8 Å². The van der Waals surface area contributed by atoms with Crippen LogP contribution in [0, 0.1) is 12.8 Å².